The van der Waals surface area contributed by atoms with Crippen LogP contribution >= 0.6 is 0 Å². The lowest BCUT2D eigenvalue weighted by molar-refractivity contribution is -0.137. The van der Waals surface area contributed by atoms with E-state index in [1.54, 1.807) is 19.1 Å². The van der Waals surface area contributed by atoms with Crippen molar-refractivity contribution in [1.82, 2.24) is 0 Å². The lowest BCUT2D eigenvalue weighted by Crippen LogP contribution is -2.08. The molecule has 2 rings (SSSR count). The Kier molecular flexibility index (Phi) is 3.60. The first-order chi connectivity index (χ1) is 9.23. The van der Waals surface area contributed by atoms with Crippen molar-refractivity contribution in [3.63, 3.8) is 0 Å². The highest BCUT2D eigenvalue weighted by molar-refractivity contribution is 7.91. The molecule has 0 atom stereocenters. The van der Waals surface area contributed by atoms with E-state index in [1.165, 1.54) is 12.1 Å². The highest BCUT2D eigenvalue weighted by atomic mass is 32.2. The monoisotopic (exact) mass is 300 g/mol. The van der Waals surface area contributed by atoms with Crippen molar-refractivity contribution in [2.24, 2.45) is 0 Å². The molecule has 0 amide bonds. The van der Waals surface area contributed by atoms with Gasteiger partial charge in [-0.3, -0.25) is 0 Å². The number of rotatable bonds is 2. The number of benzene rings is 2. The minimum Gasteiger partial charge on any atom is -0.219 e. The van der Waals surface area contributed by atoms with Crippen molar-refractivity contribution >= 4 is 9.84 Å². The summed E-state index contributed by atoms with van der Waals surface area (Å²) in [6.07, 6.45) is -4.57. The molecule has 6 heteroatoms. The molecule has 0 N–H and O–H groups in total. The summed E-state index contributed by atoms with van der Waals surface area (Å²) in [4.78, 5) is -0.346. The van der Waals surface area contributed by atoms with Crippen LogP contribution in [-0.2, 0) is 16.0 Å². The molecule has 2 aromatic rings. The normalized spacial score (nSPS) is 12.4. The molecule has 0 aliphatic carbocycles. The van der Waals surface area contributed by atoms with Crippen LogP contribution in [0.25, 0.3) is 0 Å². The molecule has 0 radical (unpaired) electrons. The van der Waals surface area contributed by atoms with E-state index >= 15 is 0 Å². The van der Waals surface area contributed by atoms with Crippen LogP contribution in [0.3, 0.4) is 0 Å². The van der Waals surface area contributed by atoms with E-state index in [1.807, 2.05) is 0 Å². The summed E-state index contributed by atoms with van der Waals surface area (Å²) in [5, 5.41) is 0. The molecule has 0 aliphatic heterocycles. The lowest BCUT2D eigenvalue weighted by Gasteiger charge is -2.10. The predicted octanol–water partition coefficient (Wildman–Crippen LogP) is 3.85. The molecule has 20 heavy (non-hydrogen) atoms. The van der Waals surface area contributed by atoms with Gasteiger partial charge in [0.2, 0.25) is 9.84 Å². The summed E-state index contributed by atoms with van der Waals surface area (Å²) in [6, 6.07) is 9.93. The van der Waals surface area contributed by atoms with Crippen molar-refractivity contribution in [3.05, 3.63) is 59.7 Å². The highest BCUT2D eigenvalue weighted by Crippen LogP contribution is 2.32. The van der Waals surface area contributed by atoms with E-state index in [4.69, 9.17) is 0 Å². The van der Waals surface area contributed by atoms with E-state index in [0.717, 1.165) is 18.2 Å². The molecule has 0 aromatic heterocycles. The van der Waals surface area contributed by atoms with Crippen LogP contribution in [0, 0.1) is 6.92 Å². The van der Waals surface area contributed by atoms with Gasteiger partial charge in [0.25, 0.3) is 0 Å². The van der Waals surface area contributed by atoms with Crippen LogP contribution in [0.15, 0.2) is 58.3 Å². The molecule has 0 fully saturated rings. The van der Waals surface area contributed by atoms with Crippen molar-refractivity contribution < 1.29 is 21.6 Å². The van der Waals surface area contributed by atoms with Gasteiger partial charge in [0.1, 0.15) is 0 Å². The van der Waals surface area contributed by atoms with E-state index in [0.29, 0.717) is 11.6 Å². The quantitative estimate of drug-likeness (QED) is 0.844. The fourth-order valence-electron chi connectivity index (χ4n) is 1.82. The summed E-state index contributed by atoms with van der Waals surface area (Å²) in [5.41, 5.74) is -0.489. The summed E-state index contributed by atoms with van der Waals surface area (Å²) in [6.45, 7) is 1.60. The summed E-state index contributed by atoms with van der Waals surface area (Å²) < 4.78 is 62.7. The van der Waals surface area contributed by atoms with Gasteiger partial charge in [0, 0.05) is 0 Å². The van der Waals surface area contributed by atoms with Crippen LogP contribution in [0.4, 0.5) is 13.2 Å². The van der Waals surface area contributed by atoms with Crippen molar-refractivity contribution in [2.45, 2.75) is 22.9 Å². The maximum atomic E-state index is 12.6. The molecular formula is C14H11F3O2S. The molecule has 0 saturated heterocycles. The second kappa shape index (κ2) is 4.94. The van der Waals surface area contributed by atoms with E-state index in [2.05, 4.69) is 0 Å². The van der Waals surface area contributed by atoms with Gasteiger partial charge in [-0.25, -0.2) is 8.42 Å². The Morgan fingerprint density at radius 2 is 1.60 bits per heavy atom. The Labute approximate surface area is 114 Å². The van der Waals surface area contributed by atoms with E-state index < -0.39 is 21.6 Å². The molecule has 0 heterocycles. The fraction of sp³-hybridized carbons (Fsp3) is 0.143. The van der Waals surface area contributed by atoms with Gasteiger partial charge in [0.15, 0.2) is 0 Å². The van der Waals surface area contributed by atoms with Gasteiger partial charge in [-0.1, -0.05) is 24.3 Å². The molecule has 0 spiro atoms. The van der Waals surface area contributed by atoms with E-state index in [9.17, 15) is 21.6 Å². The second-order valence-corrected chi connectivity index (χ2v) is 6.21. The maximum absolute atomic E-state index is 12.6. The number of hydrogen-bond acceptors (Lipinski definition) is 2. The first kappa shape index (κ1) is 14.6. The van der Waals surface area contributed by atoms with Crippen LogP contribution < -0.4 is 0 Å². The van der Waals surface area contributed by atoms with Gasteiger partial charge >= 0.3 is 6.18 Å². The van der Waals surface area contributed by atoms with Crippen LogP contribution in [-0.4, -0.2) is 8.42 Å². The lowest BCUT2D eigenvalue weighted by atomic mass is 10.2. The standard InChI is InChI=1S/C14H11F3O2S/c1-10-5-2-3-8-13(10)20(18,19)12-7-4-6-11(9-12)14(15,16)17/h2-9H,1H3. The first-order valence-corrected chi connectivity index (χ1v) is 7.19. The smallest absolute Gasteiger partial charge is 0.219 e. The minimum atomic E-state index is -4.57. The Morgan fingerprint density at radius 1 is 0.950 bits per heavy atom. The highest BCUT2D eigenvalue weighted by Gasteiger charge is 2.32. The second-order valence-electron chi connectivity index (χ2n) is 4.29. The Hall–Kier alpha value is -1.82. The zero-order valence-electron chi connectivity index (χ0n) is 10.5. The van der Waals surface area contributed by atoms with Gasteiger partial charge < -0.3 is 0 Å². The van der Waals surface area contributed by atoms with Gasteiger partial charge in [-0.15, -0.1) is 0 Å². The largest absolute Gasteiger partial charge is 0.416 e. The Balaban J connectivity index is 2.59. The van der Waals surface area contributed by atoms with Crippen molar-refractivity contribution in [2.75, 3.05) is 0 Å². The maximum Gasteiger partial charge on any atom is 0.416 e. The van der Waals surface area contributed by atoms with E-state index in [-0.39, 0.29) is 9.79 Å². The number of aryl methyl sites for hydroxylation is 1. The molecule has 106 valence electrons. The topological polar surface area (TPSA) is 34.1 Å². The number of alkyl halides is 3. The first-order valence-electron chi connectivity index (χ1n) is 5.71. The summed E-state index contributed by atoms with van der Waals surface area (Å²) in [5.74, 6) is 0. The summed E-state index contributed by atoms with van der Waals surface area (Å²) >= 11 is 0. The summed E-state index contributed by atoms with van der Waals surface area (Å²) in [7, 11) is -3.95. The molecule has 2 nitrogen and oxygen atoms in total. The average Bonchev–Trinajstić information content (AvgIpc) is 2.38. The van der Waals surface area contributed by atoms with Crippen LogP contribution in [0.5, 0.6) is 0 Å². The number of halogens is 3. The third-order valence-electron chi connectivity index (χ3n) is 2.85. The zero-order valence-corrected chi connectivity index (χ0v) is 11.3. The van der Waals surface area contributed by atoms with Crippen LogP contribution in [0.1, 0.15) is 11.1 Å². The van der Waals surface area contributed by atoms with Gasteiger partial charge in [0.05, 0.1) is 15.4 Å². The SMILES string of the molecule is Cc1ccccc1S(=O)(=O)c1cccc(C(F)(F)F)c1. The number of hydrogen-bond donors (Lipinski definition) is 0. The molecule has 0 bridgehead atoms. The van der Waals surface area contributed by atoms with Gasteiger partial charge in [-0.05, 0) is 36.8 Å². The van der Waals surface area contributed by atoms with Crippen molar-refractivity contribution in [1.29, 1.82) is 0 Å². The van der Waals surface area contributed by atoms with Crippen molar-refractivity contribution in [3.8, 4) is 0 Å². The minimum absolute atomic E-state index is 0.0133. The Morgan fingerprint density at radius 3 is 2.20 bits per heavy atom. The average molecular weight is 300 g/mol. The molecular weight excluding hydrogens is 289 g/mol. The zero-order chi connectivity index (χ0) is 15.0. The molecule has 0 unspecified atom stereocenters. The third-order valence-corrected chi connectivity index (χ3v) is 4.77. The molecule has 0 saturated carbocycles. The third kappa shape index (κ3) is 2.70. The van der Waals surface area contributed by atoms with Gasteiger partial charge in [-0.2, -0.15) is 13.2 Å². The van der Waals surface area contributed by atoms with Crippen LogP contribution in [0.2, 0.25) is 0 Å². The molecule has 0 aliphatic rings. The Bertz CT molecular complexity index is 734. The fourth-order valence-corrected chi connectivity index (χ4v) is 3.37. The molecule has 2 aromatic carbocycles. The predicted molar refractivity (Wildman–Crippen MR) is 68.1 cm³/mol. The number of sulfone groups is 1.